The summed E-state index contributed by atoms with van der Waals surface area (Å²) < 4.78 is 5.26. The zero-order chi connectivity index (χ0) is 8.65. The molecule has 0 aromatic rings. The first-order chi connectivity index (χ1) is 5.93. The van der Waals surface area contributed by atoms with E-state index in [9.17, 15) is 0 Å². The first-order valence-electron chi connectivity index (χ1n) is 4.88. The van der Waals surface area contributed by atoms with Crippen molar-refractivity contribution in [3.8, 4) is 0 Å². The first kappa shape index (κ1) is 9.75. The van der Waals surface area contributed by atoms with Crippen LogP contribution in [0.1, 0.15) is 19.8 Å². The van der Waals surface area contributed by atoms with Gasteiger partial charge in [-0.05, 0) is 6.42 Å². The zero-order valence-corrected chi connectivity index (χ0v) is 7.96. The van der Waals surface area contributed by atoms with Crippen LogP contribution in [0.3, 0.4) is 0 Å². The van der Waals surface area contributed by atoms with Crippen LogP contribution in [0.4, 0.5) is 0 Å². The van der Waals surface area contributed by atoms with Crippen LogP contribution in [0.25, 0.3) is 0 Å². The molecule has 70 valence electrons. The summed E-state index contributed by atoms with van der Waals surface area (Å²) in [6, 6.07) is 0. The highest BCUT2D eigenvalue weighted by atomic mass is 16.5. The second kappa shape index (κ2) is 6.21. The van der Waals surface area contributed by atoms with Gasteiger partial charge in [0, 0.05) is 19.6 Å². The molecule has 12 heavy (non-hydrogen) atoms. The van der Waals surface area contributed by atoms with E-state index < -0.39 is 0 Å². The Morgan fingerprint density at radius 2 is 2.00 bits per heavy atom. The number of rotatable bonds is 4. The topological polar surface area (TPSA) is 12.5 Å². The summed E-state index contributed by atoms with van der Waals surface area (Å²) in [6.45, 7) is 7.30. The third-order valence-corrected chi connectivity index (χ3v) is 2.09. The maximum absolute atomic E-state index is 5.26. The Labute approximate surface area is 75.2 Å². The Morgan fingerprint density at radius 3 is 2.67 bits per heavy atom. The minimum absolute atomic E-state index is 0.904. The number of unbranched alkanes of at least 4 members (excludes halogenated alkanes) is 1. The summed E-state index contributed by atoms with van der Waals surface area (Å²) >= 11 is 0. The molecule has 0 unspecified atom stereocenters. The van der Waals surface area contributed by atoms with Crippen LogP contribution in [0.15, 0.2) is 12.2 Å². The van der Waals surface area contributed by atoms with Gasteiger partial charge < -0.3 is 4.74 Å². The van der Waals surface area contributed by atoms with Gasteiger partial charge >= 0.3 is 0 Å². The van der Waals surface area contributed by atoms with Gasteiger partial charge in [0.25, 0.3) is 0 Å². The quantitative estimate of drug-likeness (QED) is 0.594. The molecule has 1 aliphatic heterocycles. The lowest BCUT2D eigenvalue weighted by atomic mass is 10.3. The highest BCUT2D eigenvalue weighted by Crippen LogP contribution is 1.97. The van der Waals surface area contributed by atoms with Crippen molar-refractivity contribution >= 4 is 0 Å². The van der Waals surface area contributed by atoms with E-state index in [-0.39, 0.29) is 0 Å². The molecule has 1 aliphatic rings. The number of hydrogen-bond acceptors (Lipinski definition) is 2. The SMILES string of the molecule is CCC/C=C/CN1CCOCC1. The van der Waals surface area contributed by atoms with Gasteiger partial charge in [-0.15, -0.1) is 0 Å². The van der Waals surface area contributed by atoms with Gasteiger partial charge in [0.05, 0.1) is 13.2 Å². The van der Waals surface area contributed by atoms with Gasteiger partial charge in [0.2, 0.25) is 0 Å². The number of ether oxygens (including phenoxy) is 1. The van der Waals surface area contributed by atoms with Crippen molar-refractivity contribution in [1.29, 1.82) is 0 Å². The molecule has 1 saturated heterocycles. The normalized spacial score (nSPS) is 20.4. The molecule has 0 spiro atoms. The average molecular weight is 169 g/mol. The molecule has 0 saturated carbocycles. The van der Waals surface area contributed by atoms with E-state index in [0.717, 1.165) is 32.8 Å². The molecule has 2 heteroatoms. The van der Waals surface area contributed by atoms with Crippen LogP contribution >= 0.6 is 0 Å². The Hall–Kier alpha value is -0.340. The fourth-order valence-electron chi connectivity index (χ4n) is 1.29. The summed E-state index contributed by atoms with van der Waals surface area (Å²) in [7, 11) is 0. The number of hydrogen-bond donors (Lipinski definition) is 0. The van der Waals surface area contributed by atoms with Crippen LogP contribution in [-0.4, -0.2) is 37.7 Å². The molecular formula is C10H19NO. The largest absolute Gasteiger partial charge is 0.379 e. The van der Waals surface area contributed by atoms with E-state index in [1.54, 1.807) is 0 Å². The zero-order valence-electron chi connectivity index (χ0n) is 7.96. The van der Waals surface area contributed by atoms with E-state index in [4.69, 9.17) is 4.74 Å². The second-order valence-electron chi connectivity index (χ2n) is 3.17. The lowest BCUT2D eigenvalue weighted by molar-refractivity contribution is 0.0434. The number of morpholine rings is 1. The van der Waals surface area contributed by atoms with Gasteiger partial charge in [-0.25, -0.2) is 0 Å². The maximum atomic E-state index is 5.26. The third-order valence-electron chi connectivity index (χ3n) is 2.09. The van der Waals surface area contributed by atoms with Gasteiger partial charge in [-0.3, -0.25) is 4.90 Å². The number of allylic oxidation sites excluding steroid dienone is 1. The Kier molecular flexibility index (Phi) is 5.04. The van der Waals surface area contributed by atoms with Crippen LogP contribution in [0.5, 0.6) is 0 Å². The van der Waals surface area contributed by atoms with Crippen LogP contribution in [0, 0.1) is 0 Å². The van der Waals surface area contributed by atoms with Crippen LogP contribution in [-0.2, 0) is 4.74 Å². The minimum atomic E-state index is 0.904. The van der Waals surface area contributed by atoms with E-state index >= 15 is 0 Å². The summed E-state index contributed by atoms with van der Waals surface area (Å²) in [5.41, 5.74) is 0. The van der Waals surface area contributed by atoms with Crippen molar-refractivity contribution in [2.24, 2.45) is 0 Å². The molecule has 0 bridgehead atoms. The van der Waals surface area contributed by atoms with Gasteiger partial charge in [0.1, 0.15) is 0 Å². The molecule has 1 heterocycles. The summed E-state index contributed by atoms with van der Waals surface area (Å²) in [5.74, 6) is 0. The predicted octanol–water partition coefficient (Wildman–Crippen LogP) is 1.67. The lowest BCUT2D eigenvalue weighted by Crippen LogP contribution is -2.36. The highest BCUT2D eigenvalue weighted by molar-refractivity contribution is 4.84. The summed E-state index contributed by atoms with van der Waals surface area (Å²) in [5, 5.41) is 0. The Balaban J connectivity index is 2.04. The van der Waals surface area contributed by atoms with Crippen molar-refractivity contribution in [3.63, 3.8) is 0 Å². The third kappa shape index (κ3) is 3.88. The Morgan fingerprint density at radius 1 is 1.25 bits per heavy atom. The van der Waals surface area contributed by atoms with Crippen molar-refractivity contribution in [1.82, 2.24) is 4.90 Å². The maximum Gasteiger partial charge on any atom is 0.0594 e. The van der Waals surface area contributed by atoms with Crippen molar-refractivity contribution in [2.45, 2.75) is 19.8 Å². The molecule has 0 N–H and O–H groups in total. The molecule has 2 nitrogen and oxygen atoms in total. The number of nitrogens with zero attached hydrogens (tertiary/aromatic N) is 1. The Bertz CT molecular complexity index is 128. The van der Waals surface area contributed by atoms with Crippen molar-refractivity contribution < 1.29 is 4.74 Å². The predicted molar refractivity (Wildman–Crippen MR) is 51.3 cm³/mol. The molecule has 0 aromatic heterocycles. The van der Waals surface area contributed by atoms with E-state index in [2.05, 4.69) is 24.0 Å². The van der Waals surface area contributed by atoms with Crippen molar-refractivity contribution in [3.05, 3.63) is 12.2 Å². The first-order valence-corrected chi connectivity index (χ1v) is 4.88. The second-order valence-corrected chi connectivity index (χ2v) is 3.17. The molecule has 1 fully saturated rings. The standard InChI is InChI=1S/C10H19NO/c1-2-3-4-5-6-11-7-9-12-10-8-11/h4-5H,2-3,6-10H2,1H3/b5-4+. The fraction of sp³-hybridized carbons (Fsp3) is 0.800. The molecule has 0 amide bonds. The monoisotopic (exact) mass is 169 g/mol. The van der Waals surface area contributed by atoms with Crippen LogP contribution < -0.4 is 0 Å². The summed E-state index contributed by atoms with van der Waals surface area (Å²) in [4.78, 5) is 2.43. The molecule has 0 aliphatic carbocycles. The fourth-order valence-corrected chi connectivity index (χ4v) is 1.29. The van der Waals surface area contributed by atoms with Crippen LogP contribution in [0.2, 0.25) is 0 Å². The van der Waals surface area contributed by atoms with E-state index in [0.29, 0.717) is 0 Å². The van der Waals surface area contributed by atoms with Gasteiger partial charge in [0.15, 0.2) is 0 Å². The average Bonchev–Trinajstić information content (AvgIpc) is 2.14. The van der Waals surface area contributed by atoms with Crippen molar-refractivity contribution in [2.75, 3.05) is 32.8 Å². The molecule has 0 radical (unpaired) electrons. The minimum Gasteiger partial charge on any atom is -0.379 e. The molecule has 0 aromatic carbocycles. The highest BCUT2D eigenvalue weighted by Gasteiger charge is 2.06. The van der Waals surface area contributed by atoms with E-state index in [1.807, 2.05) is 0 Å². The lowest BCUT2D eigenvalue weighted by Gasteiger charge is -2.25. The summed E-state index contributed by atoms with van der Waals surface area (Å²) in [6.07, 6.45) is 7.01. The van der Waals surface area contributed by atoms with E-state index in [1.165, 1.54) is 12.8 Å². The molecular weight excluding hydrogens is 150 g/mol. The molecule has 0 atom stereocenters. The van der Waals surface area contributed by atoms with Gasteiger partial charge in [-0.2, -0.15) is 0 Å². The molecule has 1 rings (SSSR count). The smallest absolute Gasteiger partial charge is 0.0594 e. The van der Waals surface area contributed by atoms with Gasteiger partial charge in [-0.1, -0.05) is 25.5 Å².